The monoisotopic (exact) mass is 262 g/mol. The number of hydrazone groups is 1. The summed E-state index contributed by atoms with van der Waals surface area (Å²) in [5, 5.41) is 14.3. The second kappa shape index (κ2) is 5.48. The van der Waals surface area contributed by atoms with Crippen LogP contribution in [0.1, 0.15) is 11.1 Å². The lowest BCUT2D eigenvalue weighted by molar-refractivity contribution is 1.04. The molecule has 2 aromatic carbocycles. The summed E-state index contributed by atoms with van der Waals surface area (Å²) in [6.07, 6.45) is 3.52. The highest BCUT2D eigenvalue weighted by Crippen LogP contribution is 2.18. The molecular formula is C16H14N4. The van der Waals surface area contributed by atoms with Gasteiger partial charge in [-0.1, -0.05) is 54.1 Å². The average molecular weight is 262 g/mol. The van der Waals surface area contributed by atoms with Gasteiger partial charge in [0.25, 0.3) is 0 Å². The molecule has 4 heteroatoms. The number of nitrogens with one attached hydrogen (secondary N) is 1. The second-order valence-electron chi connectivity index (χ2n) is 4.56. The Kier molecular flexibility index (Phi) is 3.37. The lowest BCUT2D eigenvalue weighted by Gasteiger charge is -2.02. The van der Waals surface area contributed by atoms with Gasteiger partial charge < -0.3 is 0 Å². The van der Waals surface area contributed by atoms with Crippen LogP contribution in [0.5, 0.6) is 0 Å². The van der Waals surface area contributed by atoms with Crippen LogP contribution in [0.3, 0.4) is 0 Å². The van der Waals surface area contributed by atoms with Gasteiger partial charge in [0.1, 0.15) is 0 Å². The van der Waals surface area contributed by atoms with E-state index in [1.807, 2.05) is 36.4 Å². The molecule has 0 atom stereocenters. The molecule has 3 aromatic rings. The van der Waals surface area contributed by atoms with E-state index in [1.54, 1.807) is 12.4 Å². The van der Waals surface area contributed by atoms with Crippen LogP contribution >= 0.6 is 0 Å². The first kappa shape index (κ1) is 12.3. The van der Waals surface area contributed by atoms with Crippen molar-refractivity contribution >= 4 is 22.8 Å². The largest absolute Gasteiger partial charge is 0.259 e. The predicted octanol–water partition coefficient (Wildman–Crippen LogP) is 3.38. The van der Waals surface area contributed by atoms with E-state index in [0.29, 0.717) is 5.82 Å². The molecule has 0 saturated heterocycles. The maximum absolute atomic E-state index is 4.23. The smallest absolute Gasteiger partial charge is 0.176 e. The zero-order valence-electron chi connectivity index (χ0n) is 11.1. The van der Waals surface area contributed by atoms with E-state index >= 15 is 0 Å². The Hall–Kier alpha value is -2.75. The predicted molar refractivity (Wildman–Crippen MR) is 81.9 cm³/mol. The molecule has 0 saturated carbocycles. The Morgan fingerprint density at radius 3 is 2.90 bits per heavy atom. The van der Waals surface area contributed by atoms with Crippen LogP contribution in [0.2, 0.25) is 0 Å². The van der Waals surface area contributed by atoms with Gasteiger partial charge >= 0.3 is 0 Å². The number of anilines is 1. The minimum Gasteiger partial charge on any atom is -0.259 e. The summed E-state index contributed by atoms with van der Waals surface area (Å²) in [4.78, 5) is 0. The van der Waals surface area contributed by atoms with Crippen molar-refractivity contribution in [3.05, 3.63) is 65.9 Å². The molecule has 0 fully saturated rings. The van der Waals surface area contributed by atoms with Crippen molar-refractivity contribution in [3.63, 3.8) is 0 Å². The van der Waals surface area contributed by atoms with Crippen LogP contribution in [0.25, 0.3) is 10.8 Å². The molecule has 0 bridgehead atoms. The van der Waals surface area contributed by atoms with Crippen molar-refractivity contribution in [2.75, 3.05) is 5.43 Å². The van der Waals surface area contributed by atoms with E-state index in [0.717, 1.165) is 16.3 Å². The highest BCUT2D eigenvalue weighted by Gasteiger charge is 2.00. The molecule has 1 heterocycles. The molecule has 3 rings (SSSR count). The van der Waals surface area contributed by atoms with E-state index < -0.39 is 0 Å². The molecular weight excluding hydrogens is 248 g/mol. The maximum Gasteiger partial charge on any atom is 0.176 e. The van der Waals surface area contributed by atoms with Gasteiger partial charge in [0.15, 0.2) is 5.82 Å². The molecule has 0 spiro atoms. The Morgan fingerprint density at radius 2 is 2.00 bits per heavy atom. The topological polar surface area (TPSA) is 50.2 Å². The molecule has 0 amide bonds. The molecule has 0 aliphatic heterocycles. The third-order valence-corrected chi connectivity index (χ3v) is 3.00. The lowest BCUT2D eigenvalue weighted by atomic mass is 10.2. The van der Waals surface area contributed by atoms with Gasteiger partial charge in [-0.2, -0.15) is 10.2 Å². The molecule has 0 aliphatic rings. The van der Waals surface area contributed by atoms with E-state index in [9.17, 15) is 0 Å². The van der Waals surface area contributed by atoms with Gasteiger partial charge in [-0.3, -0.25) is 5.43 Å². The highest BCUT2D eigenvalue weighted by molar-refractivity contribution is 5.91. The van der Waals surface area contributed by atoms with Gasteiger partial charge in [-0.25, -0.2) is 0 Å². The van der Waals surface area contributed by atoms with Crippen LogP contribution in [-0.2, 0) is 0 Å². The summed E-state index contributed by atoms with van der Waals surface area (Å²) in [5.41, 5.74) is 5.21. The SMILES string of the molecule is Cc1cccc(/C=N\Nc2nncc3ccccc23)c1. The number of benzene rings is 2. The van der Waals surface area contributed by atoms with Crippen molar-refractivity contribution in [1.82, 2.24) is 10.2 Å². The highest BCUT2D eigenvalue weighted by atomic mass is 15.3. The average Bonchev–Trinajstić information content (AvgIpc) is 2.48. The van der Waals surface area contributed by atoms with Gasteiger partial charge in [-0.05, 0) is 12.5 Å². The standard InChI is InChI=1S/C16H14N4/c1-12-5-4-6-13(9-12)10-17-19-16-15-8-3-2-7-14(15)11-18-20-16/h2-11H,1H3,(H,19,20)/b17-10-. The van der Waals surface area contributed by atoms with Crippen molar-refractivity contribution in [2.24, 2.45) is 5.10 Å². The van der Waals surface area contributed by atoms with Crippen molar-refractivity contribution in [3.8, 4) is 0 Å². The Balaban J connectivity index is 1.84. The summed E-state index contributed by atoms with van der Waals surface area (Å²) in [6, 6.07) is 16.1. The summed E-state index contributed by atoms with van der Waals surface area (Å²) in [5.74, 6) is 0.659. The third-order valence-electron chi connectivity index (χ3n) is 3.00. The van der Waals surface area contributed by atoms with Crippen molar-refractivity contribution in [1.29, 1.82) is 0 Å². The number of hydrogen-bond acceptors (Lipinski definition) is 4. The summed E-state index contributed by atoms with van der Waals surface area (Å²) < 4.78 is 0. The maximum atomic E-state index is 4.23. The number of nitrogens with zero attached hydrogens (tertiary/aromatic N) is 3. The van der Waals surface area contributed by atoms with Crippen molar-refractivity contribution in [2.45, 2.75) is 6.92 Å². The molecule has 98 valence electrons. The van der Waals surface area contributed by atoms with E-state index in [1.165, 1.54) is 5.56 Å². The minimum atomic E-state index is 0.659. The number of hydrogen-bond donors (Lipinski definition) is 1. The van der Waals surface area contributed by atoms with Crippen LogP contribution in [0.15, 0.2) is 59.8 Å². The molecule has 1 aromatic heterocycles. The molecule has 4 nitrogen and oxygen atoms in total. The third kappa shape index (κ3) is 2.64. The molecule has 1 N–H and O–H groups in total. The zero-order chi connectivity index (χ0) is 13.8. The normalized spacial score (nSPS) is 11.1. The lowest BCUT2D eigenvalue weighted by Crippen LogP contribution is -1.96. The first-order valence-electron chi connectivity index (χ1n) is 6.39. The van der Waals surface area contributed by atoms with E-state index in [4.69, 9.17) is 0 Å². The zero-order valence-corrected chi connectivity index (χ0v) is 11.1. The fourth-order valence-corrected chi connectivity index (χ4v) is 2.03. The molecule has 0 radical (unpaired) electrons. The summed E-state index contributed by atoms with van der Waals surface area (Å²) in [6.45, 7) is 2.06. The first-order valence-corrected chi connectivity index (χ1v) is 6.39. The molecule has 0 aliphatic carbocycles. The quantitative estimate of drug-likeness (QED) is 0.581. The van der Waals surface area contributed by atoms with Crippen molar-refractivity contribution < 1.29 is 0 Å². The van der Waals surface area contributed by atoms with Crippen LogP contribution in [0, 0.1) is 6.92 Å². The van der Waals surface area contributed by atoms with Gasteiger partial charge in [0, 0.05) is 10.8 Å². The van der Waals surface area contributed by atoms with Gasteiger partial charge in [-0.15, -0.1) is 5.10 Å². The Labute approximate surface area is 117 Å². The first-order chi connectivity index (χ1) is 9.83. The molecule has 0 unspecified atom stereocenters. The Bertz CT molecular complexity index is 760. The number of aromatic nitrogens is 2. The van der Waals surface area contributed by atoms with E-state index in [-0.39, 0.29) is 0 Å². The van der Waals surface area contributed by atoms with Crippen LogP contribution in [-0.4, -0.2) is 16.4 Å². The Morgan fingerprint density at radius 1 is 1.10 bits per heavy atom. The van der Waals surface area contributed by atoms with Gasteiger partial charge in [0.05, 0.1) is 12.4 Å². The fraction of sp³-hybridized carbons (Fsp3) is 0.0625. The molecule has 20 heavy (non-hydrogen) atoms. The number of rotatable bonds is 3. The van der Waals surface area contributed by atoms with Crippen LogP contribution in [0.4, 0.5) is 5.82 Å². The number of aryl methyl sites for hydroxylation is 1. The van der Waals surface area contributed by atoms with Gasteiger partial charge in [0.2, 0.25) is 0 Å². The fourth-order valence-electron chi connectivity index (χ4n) is 2.03. The number of fused-ring (bicyclic) bond motifs is 1. The summed E-state index contributed by atoms with van der Waals surface area (Å²) >= 11 is 0. The van der Waals surface area contributed by atoms with Crippen LogP contribution < -0.4 is 5.43 Å². The summed E-state index contributed by atoms with van der Waals surface area (Å²) in [7, 11) is 0. The minimum absolute atomic E-state index is 0.659. The van der Waals surface area contributed by atoms with E-state index in [2.05, 4.69) is 39.8 Å². The second-order valence-corrected chi connectivity index (χ2v) is 4.56.